The Bertz CT molecular complexity index is 427. The van der Waals surface area contributed by atoms with Crippen molar-refractivity contribution < 1.29 is 4.79 Å². The minimum Gasteiger partial charge on any atom is -0.298 e. The van der Waals surface area contributed by atoms with Gasteiger partial charge >= 0.3 is 0 Å². The lowest BCUT2D eigenvalue weighted by Gasteiger charge is -2.19. The molecule has 1 aliphatic heterocycles. The quantitative estimate of drug-likeness (QED) is 0.856. The van der Waals surface area contributed by atoms with E-state index in [0.29, 0.717) is 11.6 Å². The van der Waals surface area contributed by atoms with Gasteiger partial charge in [0.05, 0.1) is 10.9 Å². The standard InChI is InChI=1S/C11H15ClN2OS2/c1-7-8(11(12)14(2)13-7)5-9(15)10-6-16-3-4-17-10/h10H,3-6H2,1-2H3. The molecule has 6 heteroatoms. The van der Waals surface area contributed by atoms with Gasteiger partial charge in [0.25, 0.3) is 0 Å². The second kappa shape index (κ2) is 5.67. The van der Waals surface area contributed by atoms with Gasteiger partial charge in [-0.3, -0.25) is 9.48 Å². The largest absolute Gasteiger partial charge is 0.298 e. The van der Waals surface area contributed by atoms with Crippen LogP contribution in [0.15, 0.2) is 0 Å². The third-order valence-electron chi connectivity index (χ3n) is 2.80. The maximum absolute atomic E-state index is 12.2. The topological polar surface area (TPSA) is 34.9 Å². The molecule has 1 fully saturated rings. The van der Waals surface area contributed by atoms with Gasteiger partial charge in [0.1, 0.15) is 5.15 Å². The summed E-state index contributed by atoms with van der Waals surface area (Å²) < 4.78 is 1.63. The molecule has 0 saturated carbocycles. The molecule has 0 amide bonds. The maximum atomic E-state index is 12.2. The predicted octanol–water partition coefficient (Wildman–Crippen LogP) is 2.34. The van der Waals surface area contributed by atoms with Crippen LogP contribution in [-0.4, -0.2) is 38.1 Å². The molecular weight excluding hydrogens is 276 g/mol. The Morgan fingerprint density at radius 3 is 2.88 bits per heavy atom. The summed E-state index contributed by atoms with van der Waals surface area (Å²) in [6, 6.07) is 0. The SMILES string of the molecule is Cc1nn(C)c(Cl)c1CC(=O)C1CSCCS1. The summed E-state index contributed by atoms with van der Waals surface area (Å²) in [6.45, 7) is 1.90. The fourth-order valence-electron chi connectivity index (χ4n) is 1.84. The zero-order valence-electron chi connectivity index (χ0n) is 9.90. The number of rotatable bonds is 3. The highest BCUT2D eigenvalue weighted by Gasteiger charge is 2.24. The van der Waals surface area contributed by atoms with Gasteiger partial charge in [-0.05, 0) is 6.92 Å². The molecule has 0 bridgehead atoms. The molecule has 1 aliphatic rings. The van der Waals surface area contributed by atoms with Crippen LogP contribution in [0.2, 0.25) is 5.15 Å². The van der Waals surface area contributed by atoms with E-state index in [9.17, 15) is 4.79 Å². The Labute approximate surface area is 115 Å². The van der Waals surface area contributed by atoms with E-state index in [1.54, 1.807) is 23.5 Å². The van der Waals surface area contributed by atoms with Crippen LogP contribution in [0, 0.1) is 6.92 Å². The predicted molar refractivity (Wildman–Crippen MR) is 75.2 cm³/mol. The van der Waals surface area contributed by atoms with Gasteiger partial charge in [0, 0.05) is 36.3 Å². The lowest BCUT2D eigenvalue weighted by atomic mass is 10.1. The van der Waals surface area contributed by atoms with Crippen LogP contribution in [0.25, 0.3) is 0 Å². The third-order valence-corrected chi connectivity index (χ3v) is 6.07. The number of carbonyl (C=O) groups is 1. The van der Waals surface area contributed by atoms with Crippen molar-refractivity contribution in [1.82, 2.24) is 9.78 Å². The molecule has 1 saturated heterocycles. The highest BCUT2D eigenvalue weighted by molar-refractivity contribution is 8.07. The van der Waals surface area contributed by atoms with Crippen LogP contribution < -0.4 is 0 Å². The van der Waals surface area contributed by atoms with Crippen LogP contribution in [0.1, 0.15) is 11.3 Å². The first kappa shape index (κ1) is 13.3. The summed E-state index contributed by atoms with van der Waals surface area (Å²) in [7, 11) is 1.80. The Kier molecular flexibility index (Phi) is 4.44. The van der Waals surface area contributed by atoms with Gasteiger partial charge in [-0.25, -0.2) is 0 Å². The molecule has 94 valence electrons. The smallest absolute Gasteiger partial charge is 0.151 e. The minimum absolute atomic E-state index is 0.129. The summed E-state index contributed by atoms with van der Waals surface area (Å²) in [4.78, 5) is 12.2. The van der Waals surface area contributed by atoms with Crippen LogP contribution in [0.5, 0.6) is 0 Å². The summed E-state index contributed by atoms with van der Waals surface area (Å²) in [5, 5.41) is 4.95. The van der Waals surface area contributed by atoms with Crippen molar-refractivity contribution in [3.63, 3.8) is 0 Å². The summed E-state index contributed by atoms with van der Waals surface area (Å²) in [6.07, 6.45) is 0.413. The van der Waals surface area contributed by atoms with Gasteiger partial charge in [0.15, 0.2) is 5.78 Å². The highest BCUT2D eigenvalue weighted by Crippen LogP contribution is 2.27. The van der Waals surface area contributed by atoms with E-state index in [1.807, 2.05) is 18.7 Å². The molecule has 1 atom stereocenters. The highest BCUT2D eigenvalue weighted by atomic mass is 35.5. The van der Waals surface area contributed by atoms with E-state index < -0.39 is 0 Å². The number of aromatic nitrogens is 2. The zero-order chi connectivity index (χ0) is 12.4. The first-order valence-corrected chi connectivity index (χ1v) is 8.07. The van der Waals surface area contributed by atoms with Crippen LogP contribution in [-0.2, 0) is 18.3 Å². The number of hydrogen-bond acceptors (Lipinski definition) is 4. The average molecular weight is 291 g/mol. The summed E-state index contributed by atoms with van der Waals surface area (Å²) in [5.41, 5.74) is 1.75. The number of nitrogens with zero attached hydrogens (tertiary/aromatic N) is 2. The molecule has 2 heterocycles. The van der Waals surface area contributed by atoms with E-state index in [4.69, 9.17) is 11.6 Å². The Balaban J connectivity index is 2.07. The number of aryl methyl sites for hydroxylation is 2. The van der Waals surface area contributed by atoms with Crippen LogP contribution in [0.3, 0.4) is 0 Å². The van der Waals surface area contributed by atoms with Gasteiger partial charge < -0.3 is 0 Å². The average Bonchev–Trinajstić information content (AvgIpc) is 2.57. The van der Waals surface area contributed by atoms with Crippen molar-refractivity contribution in [3.05, 3.63) is 16.4 Å². The molecule has 1 unspecified atom stereocenters. The molecular formula is C11H15ClN2OS2. The maximum Gasteiger partial charge on any atom is 0.151 e. The fraction of sp³-hybridized carbons (Fsp3) is 0.636. The fourth-order valence-corrected chi connectivity index (χ4v) is 4.73. The van der Waals surface area contributed by atoms with Gasteiger partial charge in [-0.15, -0.1) is 11.8 Å². The van der Waals surface area contributed by atoms with Crippen LogP contribution >= 0.6 is 35.1 Å². The number of Topliss-reactive ketones (excluding diaryl/α,β-unsaturated/α-hetero) is 1. The Hall–Kier alpha value is -0.130. The molecule has 17 heavy (non-hydrogen) atoms. The van der Waals surface area contributed by atoms with E-state index in [1.165, 1.54) is 0 Å². The van der Waals surface area contributed by atoms with Gasteiger partial charge in [-0.2, -0.15) is 16.9 Å². The minimum atomic E-state index is 0.129. The van der Waals surface area contributed by atoms with Crippen molar-refractivity contribution in [3.8, 4) is 0 Å². The van der Waals surface area contributed by atoms with Crippen molar-refractivity contribution >= 4 is 40.9 Å². The van der Waals surface area contributed by atoms with Crippen molar-refractivity contribution in [1.29, 1.82) is 0 Å². The monoisotopic (exact) mass is 290 g/mol. The molecule has 1 aromatic rings. The summed E-state index contributed by atoms with van der Waals surface area (Å²) in [5.74, 6) is 3.43. The lowest BCUT2D eigenvalue weighted by Crippen LogP contribution is -2.25. The molecule has 2 rings (SSSR count). The van der Waals surface area contributed by atoms with Crippen molar-refractivity contribution in [2.24, 2.45) is 7.05 Å². The zero-order valence-corrected chi connectivity index (χ0v) is 12.3. The van der Waals surface area contributed by atoms with E-state index in [0.717, 1.165) is 28.5 Å². The molecule has 3 nitrogen and oxygen atoms in total. The Morgan fingerprint density at radius 2 is 2.35 bits per heavy atom. The number of thioether (sulfide) groups is 2. The van der Waals surface area contributed by atoms with E-state index in [2.05, 4.69) is 5.10 Å². The molecule has 0 radical (unpaired) electrons. The van der Waals surface area contributed by atoms with Crippen molar-refractivity contribution in [2.75, 3.05) is 17.3 Å². The summed E-state index contributed by atoms with van der Waals surface area (Å²) >= 11 is 9.76. The van der Waals surface area contributed by atoms with Crippen molar-refractivity contribution in [2.45, 2.75) is 18.6 Å². The number of halogens is 1. The second-order valence-electron chi connectivity index (χ2n) is 4.06. The van der Waals surface area contributed by atoms with E-state index in [-0.39, 0.29) is 11.0 Å². The molecule has 1 aromatic heterocycles. The first-order chi connectivity index (χ1) is 8.09. The number of hydrogen-bond donors (Lipinski definition) is 0. The van der Waals surface area contributed by atoms with E-state index >= 15 is 0 Å². The molecule has 0 N–H and O–H groups in total. The lowest BCUT2D eigenvalue weighted by molar-refractivity contribution is -0.117. The first-order valence-electron chi connectivity index (χ1n) is 5.49. The normalized spacial score (nSPS) is 20.5. The van der Waals surface area contributed by atoms with Crippen LogP contribution in [0.4, 0.5) is 0 Å². The second-order valence-corrected chi connectivity index (χ2v) is 6.87. The van der Waals surface area contributed by atoms with Gasteiger partial charge in [-0.1, -0.05) is 11.6 Å². The number of ketones is 1. The van der Waals surface area contributed by atoms with Gasteiger partial charge in [0.2, 0.25) is 0 Å². The molecule has 0 aliphatic carbocycles. The Morgan fingerprint density at radius 1 is 1.59 bits per heavy atom. The molecule has 0 aromatic carbocycles. The number of carbonyl (C=O) groups excluding carboxylic acids is 1. The molecule has 0 spiro atoms. The third kappa shape index (κ3) is 3.01.